The number of hydrogen-bond donors (Lipinski definition) is 1. The molecule has 2 aliphatic rings. The topological polar surface area (TPSA) is 89.3 Å². The number of aliphatic carboxylic acids is 1. The summed E-state index contributed by atoms with van der Waals surface area (Å²) in [5.41, 5.74) is 0.561. The Morgan fingerprint density at radius 2 is 2.06 bits per heavy atom. The SMILES string of the molecule is CC1CC(Sc2c3n(c4nccc(S(C)(=O)=O)c24)CCCC3CC(=O)O)=CC=C1C(F)(F)F. The lowest BCUT2D eigenvalue weighted by Gasteiger charge is -2.26. The number of aromatic nitrogens is 2. The largest absolute Gasteiger partial charge is 0.481 e. The molecule has 4 rings (SSSR count). The molecule has 2 atom stereocenters. The number of halogens is 3. The highest BCUT2D eigenvalue weighted by molar-refractivity contribution is 8.03. The zero-order chi connectivity index (χ0) is 24.1. The molecule has 178 valence electrons. The monoisotopic (exact) mass is 500 g/mol. The van der Waals surface area contributed by atoms with Crippen molar-refractivity contribution in [3.63, 3.8) is 0 Å². The van der Waals surface area contributed by atoms with Crippen LogP contribution in [0.2, 0.25) is 0 Å². The second-order valence-electron chi connectivity index (χ2n) is 8.54. The molecule has 2 aromatic rings. The summed E-state index contributed by atoms with van der Waals surface area (Å²) in [7, 11) is -3.63. The van der Waals surface area contributed by atoms with Crippen LogP contribution in [-0.2, 0) is 21.2 Å². The number of fused-ring (bicyclic) bond motifs is 3. The molecule has 33 heavy (non-hydrogen) atoms. The lowest BCUT2D eigenvalue weighted by atomic mass is 9.92. The summed E-state index contributed by atoms with van der Waals surface area (Å²) in [6, 6.07) is 1.42. The fourth-order valence-corrected chi connectivity index (χ4v) is 7.06. The first-order valence-corrected chi connectivity index (χ1v) is 13.2. The van der Waals surface area contributed by atoms with E-state index in [0.717, 1.165) is 18.8 Å². The molecule has 0 amide bonds. The van der Waals surface area contributed by atoms with Crippen molar-refractivity contribution in [1.29, 1.82) is 0 Å². The molecule has 2 unspecified atom stereocenters. The van der Waals surface area contributed by atoms with Gasteiger partial charge in [-0.05, 0) is 36.2 Å². The number of alkyl halides is 3. The Bertz CT molecular complexity index is 1290. The number of thioether (sulfide) groups is 1. The number of carboxylic acids is 1. The van der Waals surface area contributed by atoms with E-state index >= 15 is 0 Å². The highest BCUT2D eigenvalue weighted by Gasteiger charge is 2.39. The third-order valence-electron chi connectivity index (χ3n) is 6.09. The predicted octanol–water partition coefficient (Wildman–Crippen LogP) is 5.30. The Balaban J connectivity index is 1.92. The molecule has 0 aromatic carbocycles. The Labute approximate surface area is 193 Å². The minimum absolute atomic E-state index is 0.0851. The van der Waals surface area contributed by atoms with Crippen LogP contribution in [0.1, 0.15) is 44.2 Å². The molecule has 1 N–H and O–H groups in total. The Hall–Kier alpha value is -2.27. The van der Waals surface area contributed by atoms with Gasteiger partial charge in [0.25, 0.3) is 0 Å². The van der Waals surface area contributed by atoms with Crippen LogP contribution in [0.25, 0.3) is 11.0 Å². The molecule has 0 bridgehead atoms. The smallest absolute Gasteiger partial charge is 0.412 e. The molecular weight excluding hydrogens is 477 g/mol. The number of pyridine rings is 1. The van der Waals surface area contributed by atoms with Gasteiger partial charge in [-0.3, -0.25) is 4.79 Å². The van der Waals surface area contributed by atoms with Crippen molar-refractivity contribution in [2.75, 3.05) is 6.26 Å². The third kappa shape index (κ3) is 4.57. The number of sulfone groups is 1. The number of allylic oxidation sites excluding steroid dienone is 4. The Kier molecular flexibility index (Phi) is 6.15. The summed E-state index contributed by atoms with van der Waals surface area (Å²) < 4.78 is 66.8. The number of hydrogen-bond acceptors (Lipinski definition) is 5. The van der Waals surface area contributed by atoms with Crippen molar-refractivity contribution in [2.45, 2.75) is 61.0 Å². The van der Waals surface area contributed by atoms with Crippen LogP contribution in [-0.4, -0.2) is 41.5 Å². The predicted molar refractivity (Wildman–Crippen MR) is 119 cm³/mol. The van der Waals surface area contributed by atoms with Gasteiger partial charge in [-0.15, -0.1) is 0 Å². The van der Waals surface area contributed by atoms with Crippen molar-refractivity contribution in [3.8, 4) is 0 Å². The van der Waals surface area contributed by atoms with Crippen LogP contribution >= 0.6 is 11.8 Å². The maximum atomic E-state index is 13.2. The molecule has 3 heterocycles. The van der Waals surface area contributed by atoms with Gasteiger partial charge in [0.15, 0.2) is 9.84 Å². The molecule has 1 aliphatic carbocycles. The van der Waals surface area contributed by atoms with Crippen LogP contribution in [0.5, 0.6) is 0 Å². The Morgan fingerprint density at radius 3 is 2.67 bits per heavy atom. The van der Waals surface area contributed by atoms with Crippen LogP contribution in [0.15, 0.2) is 44.7 Å². The maximum Gasteiger partial charge on any atom is 0.412 e. The molecule has 11 heteroatoms. The van der Waals surface area contributed by atoms with E-state index in [4.69, 9.17) is 0 Å². The molecule has 0 spiro atoms. The van der Waals surface area contributed by atoms with Crippen molar-refractivity contribution >= 4 is 38.6 Å². The molecule has 6 nitrogen and oxygen atoms in total. The normalized spacial score (nSPS) is 21.5. The summed E-state index contributed by atoms with van der Waals surface area (Å²) in [6.45, 7) is 2.08. The fraction of sp³-hybridized carbons (Fsp3) is 0.455. The lowest BCUT2D eigenvalue weighted by molar-refractivity contribution is -0.137. The highest BCUT2D eigenvalue weighted by Crippen LogP contribution is 2.49. The number of rotatable bonds is 5. The molecule has 0 saturated heterocycles. The summed E-state index contributed by atoms with van der Waals surface area (Å²) in [6.07, 6.45) is 1.99. The first kappa shape index (κ1) is 23.9. The van der Waals surface area contributed by atoms with E-state index in [1.54, 1.807) is 0 Å². The highest BCUT2D eigenvalue weighted by atomic mass is 32.2. The van der Waals surface area contributed by atoms with Gasteiger partial charge in [0, 0.05) is 41.1 Å². The van der Waals surface area contributed by atoms with Gasteiger partial charge in [-0.25, -0.2) is 13.4 Å². The minimum atomic E-state index is -4.41. The van der Waals surface area contributed by atoms with Gasteiger partial charge >= 0.3 is 12.1 Å². The van der Waals surface area contributed by atoms with Gasteiger partial charge in [-0.1, -0.05) is 30.8 Å². The van der Waals surface area contributed by atoms with Crippen molar-refractivity contribution in [2.24, 2.45) is 5.92 Å². The van der Waals surface area contributed by atoms with E-state index in [1.165, 1.54) is 37.0 Å². The van der Waals surface area contributed by atoms with Crippen molar-refractivity contribution < 1.29 is 31.5 Å². The fourth-order valence-electron chi connectivity index (χ4n) is 4.71. The third-order valence-corrected chi connectivity index (χ3v) is 8.41. The minimum Gasteiger partial charge on any atom is -0.481 e. The van der Waals surface area contributed by atoms with E-state index in [2.05, 4.69) is 4.98 Å². The summed E-state index contributed by atoms with van der Waals surface area (Å²) >= 11 is 1.22. The van der Waals surface area contributed by atoms with Crippen molar-refractivity contribution in [3.05, 3.63) is 40.6 Å². The molecule has 2 aromatic heterocycles. The van der Waals surface area contributed by atoms with Crippen LogP contribution in [0, 0.1) is 5.92 Å². The first-order valence-electron chi connectivity index (χ1n) is 10.5. The molecule has 0 radical (unpaired) electrons. The van der Waals surface area contributed by atoms with Crippen LogP contribution < -0.4 is 0 Å². The standard InChI is InChI=1S/C22H23F3N2O4S2/c1-12-10-14(5-6-15(12)22(23,24)25)32-20-18-16(33(2,30)31)7-8-26-21(18)27-9-3-4-13(19(20)27)11-17(28)29/h5-8,12-13H,3-4,9-11H2,1-2H3,(H,28,29). The van der Waals surface area contributed by atoms with Crippen LogP contribution in [0.4, 0.5) is 13.2 Å². The molecule has 0 fully saturated rings. The number of carboxylic acid groups (broad SMARTS) is 1. The number of nitrogens with zero attached hydrogens (tertiary/aromatic N) is 2. The van der Waals surface area contributed by atoms with Gasteiger partial charge in [0.05, 0.1) is 16.7 Å². The van der Waals surface area contributed by atoms with Gasteiger partial charge in [-0.2, -0.15) is 13.2 Å². The number of aryl methyl sites for hydroxylation is 1. The van der Waals surface area contributed by atoms with Gasteiger partial charge in [0.2, 0.25) is 0 Å². The second kappa shape index (κ2) is 8.50. The summed E-state index contributed by atoms with van der Waals surface area (Å²) in [5, 5.41) is 9.86. The maximum absolute atomic E-state index is 13.2. The second-order valence-corrected chi connectivity index (χ2v) is 11.7. The molecular formula is C22H23F3N2O4S2. The lowest BCUT2D eigenvalue weighted by Crippen LogP contribution is -2.20. The van der Waals surface area contributed by atoms with E-state index in [0.29, 0.717) is 39.5 Å². The molecule has 0 saturated carbocycles. The average molecular weight is 501 g/mol. The zero-order valence-electron chi connectivity index (χ0n) is 18.0. The summed E-state index contributed by atoms with van der Waals surface area (Å²) in [5.74, 6) is -2.05. The van der Waals surface area contributed by atoms with Gasteiger partial charge in [0.1, 0.15) is 5.65 Å². The average Bonchev–Trinajstić information content (AvgIpc) is 3.01. The summed E-state index contributed by atoms with van der Waals surface area (Å²) in [4.78, 5) is 17.3. The number of carbonyl (C=O) groups is 1. The first-order chi connectivity index (χ1) is 15.4. The molecule has 1 aliphatic heterocycles. The van der Waals surface area contributed by atoms with Crippen LogP contribution in [0.3, 0.4) is 0 Å². The van der Waals surface area contributed by atoms with E-state index < -0.39 is 33.5 Å². The quantitative estimate of drug-likeness (QED) is 0.600. The van der Waals surface area contributed by atoms with E-state index in [9.17, 15) is 31.5 Å². The van der Waals surface area contributed by atoms with Gasteiger partial charge < -0.3 is 9.67 Å². The Morgan fingerprint density at radius 1 is 1.33 bits per heavy atom. The van der Waals surface area contributed by atoms with E-state index in [1.807, 2.05) is 4.57 Å². The van der Waals surface area contributed by atoms with E-state index in [-0.39, 0.29) is 23.7 Å². The van der Waals surface area contributed by atoms with Crippen molar-refractivity contribution in [1.82, 2.24) is 9.55 Å². The zero-order valence-corrected chi connectivity index (χ0v) is 19.6.